The summed E-state index contributed by atoms with van der Waals surface area (Å²) in [6, 6.07) is 3.30. The second kappa shape index (κ2) is 4.95. The van der Waals surface area contributed by atoms with Gasteiger partial charge in [0.1, 0.15) is 5.75 Å². The summed E-state index contributed by atoms with van der Waals surface area (Å²) in [4.78, 5) is 14.4. The Morgan fingerprint density at radius 1 is 1.67 bits per heavy atom. The topological polar surface area (TPSA) is 39.2 Å². The summed E-state index contributed by atoms with van der Waals surface area (Å²) in [5.41, 5.74) is 0.150. The first-order valence-electron chi connectivity index (χ1n) is 2.94. The predicted octanol–water partition coefficient (Wildman–Crippen LogP) is 1.89. The van der Waals surface area contributed by atoms with E-state index >= 15 is 0 Å². The number of halogens is 2. The Kier molecular flexibility index (Phi) is 4.62. The molecule has 0 fully saturated rings. The lowest BCUT2D eigenvalue weighted by Crippen LogP contribution is -1.97. The molecule has 3 nitrogen and oxygen atoms in total. The molecule has 1 aromatic heterocycles. The summed E-state index contributed by atoms with van der Waals surface area (Å²) >= 11 is 5.21. The second-order valence-electron chi connectivity index (χ2n) is 1.83. The van der Waals surface area contributed by atoms with Gasteiger partial charge in [-0.25, -0.2) is 4.98 Å². The summed E-state index contributed by atoms with van der Waals surface area (Å²) in [5.74, 6) is 0.396. The molecular formula is C7H7Cl2NO2. The van der Waals surface area contributed by atoms with E-state index < -0.39 is 5.24 Å². The first kappa shape index (κ1) is 11.2. The Labute approximate surface area is 81.1 Å². The van der Waals surface area contributed by atoms with Gasteiger partial charge in [-0.15, -0.1) is 12.4 Å². The molecule has 0 bridgehead atoms. The van der Waals surface area contributed by atoms with Gasteiger partial charge in [-0.2, -0.15) is 0 Å². The summed E-state index contributed by atoms with van der Waals surface area (Å²) in [6.07, 6.45) is 1.48. The standard InChI is InChI=1S/C7H6ClNO2.ClH/c1-11-5-3-2-4-9-6(5)7(8)10;/h2-4H,1H3;1H. The van der Waals surface area contributed by atoms with E-state index in [0.29, 0.717) is 5.75 Å². The van der Waals surface area contributed by atoms with Crippen molar-refractivity contribution in [3.63, 3.8) is 0 Å². The fourth-order valence-electron chi connectivity index (χ4n) is 0.703. The molecule has 0 aromatic carbocycles. The van der Waals surface area contributed by atoms with Crippen LogP contribution >= 0.6 is 24.0 Å². The second-order valence-corrected chi connectivity index (χ2v) is 2.17. The zero-order chi connectivity index (χ0) is 8.27. The van der Waals surface area contributed by atoms with Crippen LogP contribution in [0.1, 0.15) is 10.5 Å². The van der Waals surface area contributed by atoms with Gasteiger partial charge in [-0.3, -0.25) is 4.79 Å². The molecule has 1 heterocycles. The minimum Gasteiger partial charge on any atom is -0.494 e. The predicted molar refractivity (Wildman–Crippen MR) is 48.2 cm³/mol. The molecule has 0 saturated heterocycles. The molecule has 0 aliphatic rings. The lowest BCUT2D eigenvalue weighted by Gasteiger charge is -2.00. The third-order valence-electron chi connectivity index (χ3n) is 1.18. The van der Waals surface area contributed by atoms with E-state index in [2.05, 4.69) is 4.98 Å². The smallest absolute Gasteiger partial charge is 0.274 e. The molecule has 0 radical (unpaired) electrons. The SMILES string of the molecule is COc1cccnc1C(=O)Cl.Cl. The average molecular weight is 208 g/mol. The molecule has 0 amide bonds. The van der Waals surface area contributed by atoms with Crippen LogP contribution in [0.4, 0.5) is 0 Å². The monoisotopic (exact) mass is 207 g/mol. The summed E-state index contributed by atoms with van der Waals surface area (Å²) in [5, 5.41) is -0.609. The first-order chi connectivity index (χ1) is 5.25. The highest BCUT2D eigenvalue weighted by Gasteiger charge is 2.08. The molecular weight excluding hydrogens is 201 g/mol. The summed E-state index contributed by atoms with van der Waals surface area (Å²) in [6.45, 7) is 0. The molecule has 0 saturated carbocycles. The van der Waals surface area contributed by atoms with E-state index in [9.17, 15) is 4.79 Å². The van der Waals surface area contributed by atoms with E-state index in [0.717, 1.165) is 0 Å². The lowest BCUT2D eigenvalue weighted by atomic mass is 10.3. The van der Waals surface area contributed by atoms with Crippen LogP contribution in [0.15, 0.2) is 18.3 Å². The van der Waals surface area contributed by atoms with Crippen molar-refractivity contribution in [2.24, 2.45) is 0 Å². The molecule has 1 rings (SSSR count). The van der Waals surface area contributed by atoms with Crippen molar-refractivity contribution >= 4 is 29.3 Å². The van der Waals surface area contributed by atoms with Crippen molar-refractivity contribution in [3.8, 4) is 5.75 Å². The zero-order valence-corrected chi connectivity index (χ0v) is 7.85. The molecule has 0 N–H and O–H groups in total. The number of aromatic nitrogens is 1. The van der Waals surface area contributed by atoms with Gasteiger partial charge in [0.05, 0.1) is 7.11 Å². The fraction of sp³-hybridized carbons (Fsp3) is 0.143. The van der Waals surface area contributed by atoms with E-state index in [1.165, 1.54) is 13.3 Å². The molecule has 66 valence electrons. The maximum Gasteiger partial charge on any atom is 0.274 e. The van der Waals surface area contributed by atoms with Crippen LogP contribution in [0, 0.1) is 0 Å². The number of carbonyl (C=O) groups excluding carboxylic acids is 1. The highest BCUT2D eigenvalue weighted by Crippen LogP contribution is 2.15. The molecule has 0 spiro atoms. The lowest BCUT2D eigenvalue weighted by molar-refractivity contribution is 0.107. The Bertz CT molecular complexity index is 278. The summed E-state index contributed by atoms with van der Waals surface area (Å²) in [7, 11) is 1.46. The van der Waals surface area contributed by atoms with Gasteiger partial charge >= 0.3 is 0 Å². The highest BCUT2D eigenvalue weighted by molar-refractivity contribution is 6.67. The number of carbonyl (C=O) groups is 1. The quantitative estimate of drug-likeness (QED) is 0.696. The molecule has 1 aromatic rings. The number of nitrogens with zero attached hydrogens (tertiary/aromatic N) is 1. The Morgan fingerprint density at radius 3 is 2.75 bits per heavy atom. The third kappa shape index (κ3) is 2.36. The number of rotatable bonds is 2. The Hall–Kier alpha value is -0.800. The van der Waals surface area contributed by atoms with Gasteiger partial charge < -0.3 is 4.74 Å². The van der Waals surface area contributed by atoms with Gasteiger partial charge in [0.2, 0.25) is 0 Å². The number of ether oxygens (including phenoxy) is 1. The van der Waals surface area contributed by atoms with Crippen molar-refractivity contribution < 1.29 is 9.53 Å². The number of pyridine rings is 1. The Balaban J connectivity index is 0.00000121. The van der Waals surface area contributed by atoms with Gasteiger partial charge in [0.25, 0.3) is 5.24 Å². The molecule has 12 heavy (non-hydrogen) atoms. The van der Waals surface area contributed by atoms with E-state index in [4.69, 9.17) is 16.3 Å². The van der Waals surface area contributed by atoms with Gasteiger partial charge in [-0.05, 0) is 23.7 Å². The molecule has 5 heteroatoms. The summed E-state index contributed by atoms with van der Waals surface area (Å²) < 4.78 is 4.84. The van der Waals surface area contributed by atoms with Crippen LogP contribution < -0.4 is 4.74 Å². The zero-order valence-electron chi connectivity index (χ0n) is 6.28. The molecule has 0 atom stereocenters. The minimum absolute atomic E-state index is 0. The maximum atomic E-state index is 10.6. The van der Waals surface area contributed by atoms with Crippen LogP contribution in [0.5, 0.6) is 5.75 Å². The van der Waals surface area contributed by atoms with Gasteiger partial charge in [0.15, 0.2) is 5.69 Å². The molecule has 0 aliphatic heterocycles. The number of hydrogen-bond donors (Lipinski definition) is 0. The molecule has 0 aliphatic carbocycles. The molecule has 0 unspecified atom stereocenters. The van der Waals surface area contributed by atoms with Crippen molar-refractivity contribution in [2.45, 2.75) is 0 Å². The fourth-order valence-corrected chi connectivity index (χ4v) is 0.845. The normalized spacial score (nSPS) is 8.50. The van der Waals surface area contributed by atoms with Crippen molar-refractivity contribution in [1.29, 1.82) is 0 Å². The highest BCUT2D eigenvalue weighted by atomic mass is 35.5. The maximum absolute atomic E-state index is 10.6. The largest absolute Gasteiger partial charge is 0.494 e. The van der Waals surface area contributed by atoms with Crippen molar-refractivity contribution in [1.82, 2.24) is 4.98 Å². The van der Waals surface area contributed by atoms with Gasteiger partial charge in [0, 0.05) is 6.20 Å². The van der Waals surface area contributed by atoms with Crippen LogP contribution in [0.25, 0.3) is 0 Å². The Morgan fingerprint density at radius 2 is 2.33 bits per heavy atom. The number of hydrogen-bond acceptors (Lipinski definition) is 3. The van der Waals surface area contributed by atoms with Crippen LogP contribution in [-0.2, 0) is 0 Å². The van der Waals surface area contributed by atoms with Crippen LogP contribution in [0.2, 0.25) is 0 Å². The van der Waals surface area contributed by atoms with Crippen LogP contribution in [-0.4, -0.2) is 17.3 Å². The minimum atomic E-state index is -0.609. The van der Waals surface area contributed by atoms with Crippen molar-refractivity contribution in [3.05, 3.63) is 24.0 Å². The average Bonchev–Trinajstić information content (AvgIpc) is 2.04. The number of methoxy groups -OCH3 is 1. The van der Waals surface area contributed by atoms with Gasteiger partial charge in [-0.1, -0.05) is 0 Å². The van der Waals surface area contributed by atoms with E-state index in [1.807, 2.05) is 0 Å². The van der Waals surface area contributed by atoms with E-state index in [1.54, 1.807) is 12.1 Å². The van der Waals surface area contributed by atoms with E-state index in [-0.39, 0.29) is 18.1 Å². The first-order valence-corrected chi connectivity index (χ1v) is 3.32. The third-order valence-corrected chi connectivity index (χ3v) is 1.36. The van der Waals surface area contributed by atoms with Crippen LogP contribution in [0.3, 0.4) is 0 Å². The van der Waals surface area contributed by atoms with Crippen molar-refractivity contribution in [2.75, 3.05) is 7.11 Å².